The SMILES string of the molecule is Nc1cc(N)c2c3cccc4cccc(c5cc([N+](=O)[O-])cc1c52)c43. The topological polar surface area (TPSA) is 95.2 Å². The van der Waals surface area contributed by atoms with Gasteiger partial charge in [0.25, 0.3) is 5.69 Å². The minimum absolute atomic E-state index is 0.0290. The number of nitrogen functional groups attached to an aromatic ring is 2. The predicted molar refractivity (Wildman–Crippen MR) is 103 cm³/mol. The lowest BCUT2D eigenvalue weighted by molar-refractivity contribution is -0.384. The Morgan fingerprint density at radius 3 is 2.12 bits per heavy atom. The summed E-state index contributed by atoms with van der Waals surface area (Å²) in [7, 11) is 0. The third-order valence-corrected chi connectivity index (χ3v) is 4.96. The van der Waals surface area contributed by atoms with Crippen LogP contribution in [0.2, 0.25) is 0 Å². The number of nitrogens with two attached hydrogens (primary N) is 2. The Kier molecular flexibility index (Phi) is 2.47. The molecule has 5 aromatic carbocycles. The number of hydrogen-bond acceptors (Lipinski definition) is 4. The van der Waals surface area contributed by atoms with Crippen molar-refractivity contribution in [1.82, 2.24) is 0 Å². The number of nitro groups is 1. The monoisotopic (exact) mass is 327 g/mol. The van der Waals surface area contributed by atoms with Crippen molar-refractivity contribution in [3.63, 3.8) is 0 Å². The second-order valence-electron chi connectivity index (χ2n) is 6.31. The molecule has 0 aliphatic rings. The van der Waals surface area contributed by atoms with Gasteiger partial charge in [0.2, 0.25) is 0 Å². The lowest BCUT2D eigenvalue weighted by atomic mass is 9.88. The van der Waals surface area contributed by atoms with E-state index in [-0.39, 0.29) is 10.6 Å². The van der Waals surface area contributed by atoms with Gasteiger partial charge in [-0.1, -0.05) is 36.4 Å². The van der Waals surface area contributed by atoms with Gasteiger partial charge in [0.1, 0.15) is 0 Å². The minimum atomic E-state index is -0.383. The van der Waals surface area contributed by atoms with Crippen molar-refractivity contribution in [3.05, 3.63) is 64.7 Å². The molecule has 5 rings (SSSR count). The third-order valence-electron chi connectivity index (χ3n) is 4.96. The summed E-state index contributed by atoms with van der Waals surface area (Å²) < 4.78 is 0. The molecule has 0 atom stereocenters. The number of non-ortho nitro benzene ring substituents is 1. The Morgan fingerprint density at radius 2 is 1.40 bits per heavy atom. The maximum absolute atomic E-state index is 11.4. The predicted octanol–water partition coefficient (Wildman–Crippen LogP) is 4.81. The maximum Gasteiger partial charge on any atom is 0.270 e. The van der Waals surface area contributed by atoms with Crippen LogP contribution in [-0.4, -0.2) is 4.92 Å². The summed E-state index contributed by atoms with van der Waals surface area (Å²) in [5, 5.41) is 18.8. The summed E-state index contributed by atoms with van der Waals surface area (Å²) in [6.07, 6.45) is 0. The maximum atomic E-state index is 11.4. The van der Waals surface area contributed by atoms with Gasteiger partial charge < -0.3 is 11.5 Å². The van der Waals surface area contributed by atoms with Crippen molar-refractivity contribution in [3.8, 4) is 0 Å². The fourth-order valence-electron chi connectivity index (χ4n) is 3.97. The number of nitrogens with zero attached hydrogens (tertiary/aromatic N) is 1. The van der Waals surface area contributed by atoms with E-state index in [9.17, 15) is 10.1 Å². The molecule has 0 amide bonds. The smallest absolute Gasteiger partial charge is 0.270 e. The van der Waals surface area contributed by atoms with Gasteiger partial charge in [0.15, 0.2) is 0 Å². The average Bonchev–Trinajstić information content (AvgIpc) is 2.60. The van der Waals surface area contributed by atoms with Gasteiger partial charge >= 0.3 is 0 Å². The number of fused-ring (bicyclic) bond motifs is 2. The summed E-state index contributed by atoms with van der Waals surface area (Å²) in [4.78, 5) is 11.0. The Labute approximate surface area is 141 Å². The zero-order valence-electron chi connectivity index (χ0n) is 13.1. The minimum Gasteiger partial charge on any atom is -0.398 e. The first kappa shape index (κ1) is 13.8. The van der Waals surface area contributed by atoms with E-state index in [2.05, 4.69) is 0 Å². The highest BCUT2D eigenvalue weighted by atomic mass is 16.6. The van der Waals surface area contributed by atoms with Crippen molar-refractivity contribution in [1.29, 1.82) is 0 Å². The Bertz CT molecular complexity index is 1340. The second-order valence-corrected chi connectivity index (χ2v) is 6.31. The van der Waals surface area contributed by atoms with Gasteiger partial charge in [-0.15, -0.1) is 0 Å². The number of nitro benzene ring substituents is 1. The van der Waals surface area contributed by atoms with E-state index in [1.54, 1.807) is 12.1 Å². The van der Waals surface area contributed by atoms with Crippen LogP contribution in [0, 0.1) is 10.1 Å². The lowest BCUT2D eigenvalue weighted by Gasteiger charge is -2.16. The summed E-state index contributed by atoms with van der Waals surface area (Å²) in [5.41, 5.74) is 13.5. The van der Waals surface area contributed by atoms with Crippen LogP contribution in [0.3, 0.4) is 0 Å². The number of rotatable bonds is 1. The van der Waals surface area contributed by atoms with Crippen LogP contribution in [0.25, 0.3) is 43.1 Å². The van der Waals surface area contributed by atoms with E-state index in [0.717, 1.165) is 37.7 Å². The standard InChI is InChI=1S/C20H13N3O2/c21-16-9-17(22)20-13-6-2-4-10-3-1-5-12(18(10)13)14-7-11(23(24)25)8-15(16)19(14)20/h1-9H,21-22H2. The van der Waals surface area contributed by atoms with E-state index in [1.807, 2.05) is 36.4 Å². The lowest BCUT2D eigenvalue weighted by Crippen LogP contribution is -1.98. The summed E-state index contributed by atoms with van der Waals surface area (Å²) in [6.45, 7) is 0. The molecule has 0 fully saturated rings. The van der Waals surface area contributed by atoms with Crippen molar-refractivity contribution in [2.24, 2.45) is 0 Å². The highest BCUT2D eigenvalue weighted by Gasteiger charge is 2.19. The molecule has 4 N–H and O–H groups in total. The largest absolute Gasteiger partial charge is 0.398 e. The molecule has 0 aliphatic heterocycles. The van der Waals surface area contributed by atoms with Crippen LogP contribution < -0.4 is 11.5 Å². The zero-order valence-corrected chi connectivity index (χ0v) is 13.1. The molecule has 0 unspecified atom stereocenters. The molecule has 0 spiro atoms. The Balaban J connectivity index is 2.24. The molecule has 0 heterocycles. The first-order valence-corrected chi connectivity index (χ1v) is 7.89. The van der Waals surface area contributed by atoms with Gasteiger partial charge in [-0.25, -0.2) is 0 Å². The van der Waals surface area contributed by atoms with Crippen LogP contribution in [-0.2, 0) is 0 Å². The highest BCUT2D eigenvalue weighted by molar-refractivity contribution is 6.36. The number of benzene rings is 5. The van der Waals surface area contributed by atoms with E-state index in [4.69, 9.17) is 11.5 Å². The molecule has 0 aliphatic carbocycles. The van der Waals surface area contributed by atoms with Crippen molar-refractivity contribution < 1.29 is 4.92 Å². The fraction of sp³-hybridized carbons (Fsp3) is 0. The zero-order chi connectivity index (χ0) is 17.3. The number of hydrogen-bond donors (Lipinski definition) is 2. The van der Waals surface area contributed by atoms with E-state index >= 15 is 0 Å². The van der Waals surface area contributed by atoms with Crippen LogP contribution >= 0.6 is 0 Å². The van der Waals surface area contributed by atoms with Crippen molar-refractivity contribution in [2.45, 2.75) is 0 Å². The molecule has 0 saturated heterocycles. The van der Waals surface area contributed by atoms with Gasteiger partial charge in [-0.05, 0) is 33.0 Å². The fourth-order valence-corrected chi connectivity index (χ4v) is 3.97. The van der Waals surface area contributed by atoms with Crippen LogP contribution in [0.15, 0.2) is 54.6 Å². The van der Waals surface area contributed by atoms with Crippen molar-refractivity contribution in [2.75, 3.05) is 11.5 Å². The first-order valence-electron chi connectivity index (χ1n) is 7.89. The van der Waals surface area contributed by atoms with Crippen molar-refractivity contribution >= 4 is 60.2 Å². The quantitative estimate of drug-likeness (QED) is 0.152. The second kappa shape index (κ2) is 4.48. The van der Waals surface area contributed by atoms with Crippen LogP contribution in [0.1, 0.15) is 0 Å². The third kappa shape index (κ3) is 1.67. The highest BCUT2D eigenvalue weighted by Crippen LogP contribution is 2.45. The molecule has 0 aromatic heterocycles. The Morgan fingerprint density at radius 1 is 0.720 bits per heavy atom. The summed E-state index contributed by atoms with van der Waals surface area (Å²) in [6, 6.07) is 16.9. The first-order chi connectivity index (χ1) is 12.1. The van der Waals surface area contributed by atoms with Crippen LogP contribution in [0.5, 0.6) is 0 Å². The van der Waals surface area contributed by atoms with Crippen LogP contribution in [0.4, 0.5) is 17.1 Å². The summed E-state index contributed by atoms with van der Waals surface area (Å²) >= 11 is 0. The molecular weight excluding hydrogens is 314 g/mol. The average molecular weight is 327 g/mol. The van der Waals surface area contributed by atoms with E-state index in [0.29, 0.717) is 16.8 Å². The molecule has 0 saturated carbocycles. The summed E-state index contributed by atoms with van der Waals surface area (Å²) in [5.74, 6) is 0. The van der Waals surface area contributed by atoms with Gasteiger partial charge in [-0.2, -0.15) is 0 Å². The molecule has 25 heavy (non-hydrogen) atoms. The molecule has 5 nitrogen and oxygen atoms in total. The molecular formula is C20H13N3O2. The van der Waals surface area contributed by atoms with E-state index in [1.165, 1.54) is 6.07 Å². The van der Waals surface area contributed by atoms with Gasteiger partial charge in [0, 0.05) is 39.7 Å². The van der Waals surface area contributed by atoms with Gasteiger partial charge in [-0.3, -0.25) is 10.1 Å². The molecule has 5 aromatic rings. The molecule has 0 radical (unpaired) electrons. The van der Waals surface area contributed by atoms with E-state index < -0.39 is 0 Å². The normalized spacial score (nSPS) is 11.8. The molecule has 120 valence electrons. The van der Waals surface area contributed by atoms with Gasteiger partial charge in [0.05, 0.1) is 4.92 Å². The Hall–Kier alpha value is -3.60. The molecule has 5 heteroatoms. The molecule has 0 bridgehead atoms. The number of anilines is 2.